The fourth-order valence-corrected chi connectivity index (χ4v) is 2.08. The molecule has 100 valence electrons. The van der Waals surface area contributed by atoms with E-state index >= 15 is 0 Å². The lowest BCUT2D eigenvalue weighted by Gasteiger charge is -2.07. The number of carbonyl (C=O) groups excluding carboxylic acids is 2. The molecule has 0 bridgehead atoms. The second-order valence-electron chi connectivity index (χ2n) is 4.35. The maximum Gasteiger partial charge on any atom is 0.226 e. The molecule has 1 amide bonds. The number of aromatic nitrogens is 1. The molecule has 0 atom stereocenters. The molecule has 6 heteroatoms. The van der Waals surface area contributed by atoms with Gasteiger partial charge in [0.1, 0.15) is 5.69 Å². The van der Waals surface area contributed by atoms with Crippen LogP contribution >= 0.6 is 11.3 Å². The number of nitrogens with one attached hydrogen (secondary N) is 2. The molecule has 0 aliphatic heterocycles. The number of carbonyl (C=O) groups is 2. The van der Waals surface area contributed by atoms with Gasteiger partial charge in [0.05, 0.1) is 0 Å². The summed E-state index contributed by atoms with van der Waals surface area (Å²) in [5, 5.41) is 8.08. The Bertz CT molecular complexity index is 415. The van der Waals surface area contributed by atoms with Crippen LogP contribution in [0.25, 0.3) is 0 Å². The average molecular weight is 269 g/mol. The van der Waals surface area contributed by atoms with Crippen molar-refractivity contribution in [2.75, 3.05) is 11.9 Å². The molecule has 1 heterocycles. The van der Waals surface area contributed by atoms with Gasteiger partial charge in [-0.1, -0.05) is 13.8 Å². The Labute approximate surface area is 111 Å². The highest BCUT2D eigenvalue weighted by molar-refractivity contribution is 7.14. The first kappa shape index (κ1) is 14.8. The van der Waals surface area contributed by atoms with E-state index in [9.17, 15) is 9.59 Å². The van der Waals surface area contributed by atoms with Crippen molar-refractivity contribution in [1.82, 2.24) is 10.3 Å². The minimum Gasteiger partial charge on any atom is -0.315 e. The molecule has 5 nitrogen and oxygen atoms in total. The van der Waals surface area contributed by atoms with Gasteiger partial charge in [-0.15, -0.1) is 11.3 Å². The maximum absolute atomic E-state index is 11.6. The molecule has 0 saturated carbocycles. The third kappa shape index (κ3) is 5.37. The van der Waals surface area contributed by atoms with E-state index in [1.807, 2.05) is 0 Å². The number of amides is 1. The van der Waals surface area contributed by atoms with Crippen LogP contribution in [-0.2, 0) is 4.79 Å². The van der Waals surface area contributed by atoms with Crippen LogP contribution < -0.4 is 10.6 Å². The van der Waals surface area contributed by atoms with Crippen LogP contribution in [0, 0.1) is 0 Å². The lowest BCUT2D eigenvalue weighted by molar-refractivity contribution is -0.116. The topological polar surface area (TPSA) is 71.1 Å². The van der Waals surface area contributed by atoms with Gasteiger partial charge >= 0.3 is 0 Å². The fourth-order valence-electron chi connectivity index (χ4n) is 1.31. The summed E-state index contributed by atoms with van der Waals surface area (Å²) in [4.78, 5) is 26.6. The molecule has 0 aliphatic carbocycles. The number of hydrogen-bond acceptors (Lipinski definition) is 5. The smallest absolute Gasteiger partial charge is 0.226 e. The van der Waals surface area contributed by atoms with Crippen molar-refractivity contribution < 1.29 is 9.59 Å². The summed E-state index contributed by atoms with van der Waals surface area (Å²) in [6.07, 6.45) is 1.24. The standard InChI is InChI=1S/C12H19N3O2S/c1-8(2)13-6-4-5-11(17)15-12-14-10(7-18-12)9(3)16/h7-8,13H,4-6H2,1-3H3,(H,14,15,17). The molecule has 0 spiro atoms. The zero-order chi connectivity index (χ0) is 13.5. The Morgan fingerprint density at radius 2 is 2.17 bits per heavy atom. The van der Waals surface area contributed by atoms with Gasteiger partial charge < -0.3 is 10.6 Å². The number of thiazole rings is 1. The Hall–Kier alpha value is -1.27. The molecule has 1 aromatic rings. The summed E-state index contributed by atoms with van der Waals surface area (Å²) >= 11 is 1.27. The number of rotatable bonds is 7. The third-order valence-electron chi connectivity index (χ3n) is 2.24. The molecular formula is C12H19N3O2S. The first-order chi connectivity index (χ1) is 8.49. The molecular weight excluding hydrogens is 250 g/mol. The van der Waals surface area contributed by atoms with Crippen LogP contribution in [0.15, 0.2) is 5.38 Å². The minimum atomic E-state index is -0.0899. The molecule has 1 aromatic heterocycles. The lowest BCUT2D eigenvalue weighted by Crippen LogP contribution is -2.24. The quantitative estimate of drug-likeness (QED) is 0.587. The van der Waals surface area contributed by atoms with Gasteiger partial charge in [0, 0.05) is 24.8 Å². The van der Waals surface area contributed by atoms with Gasteiger partial charge in [0.2, 0.25) is 5.91 Å². The molecule has 2 N–H and O–H groups in total. The first-order valence-electron chi connectivity index (χ1n) is 5.98. The summed E-state index contributed by atoms with van der Waals surface area (Å²) in [5.41, 5.74) is 0.400. The van der Waals surface area contributed by atoms with E-state index in [1.54, 1.807) is 5.38 Å². The predicted octanol–water partition coefficient (Wildman–Crippen LogP) is 2.06. The van der Waals surface area contributed by atoms with E-state index in [0.717, 1.165) is 13.0 Å². The maximum atomic E-state index is 11.6. The Morgan fingerprint density at radius 1 is 1.44 bits per heavy atom. The van der Waals surface area contributed by atoms with E-state index in [4.69, 9.17) is 0 Å². The van der Waals surface area contributed by atoms with Gasteiger partial charge in [-0.25, -0.2) is 4.98 Å². The summed E-state index contributed by atoms with van der Waals surface area (Å²) in [6.45, 7) is 6.41. The first-order valence-corrected chi connectivity index (χ1v) is 6.86. The summed E-state index contributed by atoms with van der Waals surface area (Å²) in [6, 6.07) is 0.435. The number of anilines is 1. The highest BCUT2D eigenvalue weighted by Gasteiger charge is 2.08. The summed E-state index contributed by atoms with van der Waals surface area (Å²) < 4.78 is 0. The summed E-state index contributed by atoms with van der Waals surface area (Å²) in [5.74, 6) is -0.155. The van der Waals surface area contributed by atoms with Crippen LogP contribution in [0.3, 0.4) is 0 Å². The zero-order valence-electron chi connectivity index (χ0n) is 10.9. The van der Waals surface area contributed by atoms with Crippen LogP contribution in [0.1, 0.15) is 44.1 Å². The molecule has 0 unspecified atom stereocenters. The normalized spacial score (nSPS) is 10.7. The number of ketones is 1. The van der Waals surface area contributed by atoms with Gasteiger partial charge in [-0.2, -0.15) is 0 Å². The molecule has 18 heavy (non-hydrogen) atoms. The highest BCUT2D eigenvalue weighted by Crippen LogP contribution is 2.15. The average Bonchev–Trinajstić information content (AvgIpc) is 2.72. The van der Waals surface area contributed by atoms with Gasteiger partial charge in [0.25, 0.3) is 0 Å². The van der Waals surface area contributed by atoms with Crippen molar-refractivity contribution in [2.45, 2.75) is 39.7 Å². The Kier molecular flexibility index (Phi) is 5.94. The molecule has 0 saturated heterocycles. The Morgan fingerprint density at radius 3 is 2.72 bits per heavy atom. The van der Waals surface area contributed by atoms with Crippen molar-refractivity contribution in [3.63, 3.8) is 0 Å². The van der Waals surface area contributed by atoms with E-state index in [1.165, 1.54) is 18.3 Å². The molecule has 0 aliphatic rings. The number of nitrogens with zero attached hydrogens (tertiary/aromatic N) is 1. The highest BCUT2D eigenvalue weighted by atomic mass is 32.1. The Balaban J connectivity index is 2.29. The molecule has 0 fully saturated rings. The zero-order valence-corrected chi connectivity index (χ0v) is 11.8. The second kappa shape index (κ2) is 7.23. The minimum absolute atomic E-state index is 0.0648. The molecule has 1 rings (SSSR count). The lowest BCUT2D eigenvalue weighted by atomic mass is 10.3. The largest absolute Gasteiger partial charge is 0.315 e. The van der Waals surface area contributed by atoms with E-state index < -0.39 is 0 Å². The molecule has 0 aromatic carbocycles. The SMILES string of the molecule is CC(=O)c1csc(NC(=O)CCCNC(C)C)n1. The summed E-state index contributed by atoms with van der Waals surface area (Å²) in [7, 11) is 0. The monoisotopic (exact) mass is 269 g/mol. The van der Waals surface area contributed by atoms with Crippen molar-refractivity contribution >= 4 is 28.2 Å². The molecule has 0 radical (unpaired) electrons. The van der Waals surface area contributed by atoms with E-state index in [2.05, 4.69) is 29.5 Å². The van der Waals surface area contributed by atoms with Crippen molar-refractivity contribution in [3.8, 4) is 0 Å². The van der Waals surface area contributed by atoms with Crippen LogP contribution in [0.5, 0.6) is 0 Å². The number of hydrogen-bond donors (Lipinski definition) is 2. The predicted molar refractivity (Wildman–Crippen MR) is 73.1 cm³/mol. The van der Waals surface area contributed by atoms with Crippen LogP contribution in [0.4, 0.5) is 5.13 Å². The van der Waals surface area contributed by atoms with E-state index in [0.29, 0.717) is 23.3 Å². The fraction of sp³-hybridized carbons (Fsp3) is 0.583. The van der Waals surface area contributed by atoms with Crippen LogP contribution in [0.2, 0.25) is 0 Å². The van der Waals surface area contributed by atoms with Crippen molar-refractivity contribution in [2.24, 2.45) is 0 Å². The van der Waals surface area contributed by atoms with E-state index in [-0.39, 0.29) is 11.7 Å². The van der Waals surface area contributed by atoms with Gasteiger partial charge in [-0.3, -0.25) is 9.59 Å². The van der Waals surface area contributed by atoms with Crippen molar-refractivity contribution in [3.05, 3.63) is 11.1 Å². The van der Waals surface area contributed by atoms with Crippen molar-refractivity contribution in [1.29, 1.82) is 0 Å². The van der Waals surface area contributed by atoms with Gasteiger partial charge in [0.15, 0.2) is 10.9 Å². The van der Waals surface area contributed by atoms with Crippen LogP contribution in [-0.4, -0.2) is 29.3 Å². The second-order valence-corrected chi connectivity index (χ2v) is 5.21. The van der Waals surface area contributed by atoms with Gasteiger partial charge in [-0.05, 0) is 13.0 Å². The third-order valence-corrected chi connectivity index (χ3v) is 3.00. The number of Topliss-reactive ketones (excluding diaryl/α,β-unsaturated/α-hetero) is 1.